The van der Waals surface area contributed by atoms with Gasteiger partial charge in [-0.3, -0.25) is 0 Å². The number of benzene rings is 2. The molecule has 0 bridgehead atoms. The molecule has 1 heterocycles. The van der Waals surface area contributed by atoms with Gasteiger partial charge in [0.1, 0.15) is 11.3 Å². The lowest BCUT2D eigenvalue weighted by molar-refractivity contribution is 0.388. The van der Waals surface area contributed by atoms with Gasteiger partial charge < -0.3 is 14.4 Å². The minimum absolute atomic E-state index is 0. The van der Waals surface area contributed by atoms with Crippen molar-refractivity contribution in [3.63, 3.8) is 0 Å². The highest BCUT2D eigenvalue weighted by Crippen LogP contribution is 2.41. The third-order valence-electron chi connectivity index (χ3n) is 3.39. The Balaban J connectivity index is 0.00000176. The maximum Gasteiger partial charge on any atom is 0.154 e. The maximum atomic E-state index is 10.1. The van der Waals surface area contributed by atoms with E-state index in [0.29, 0.717) is 22.9 Å². The molecule has 0 unspecified atom stereocenters. The number of hydrogen-bond donors (Lipinski definition) is 1. The molecule has 3 rings (SSSR count). The van der Waals surface area contributed by atoms with Crippen molar-refractivity contribution in [1.82, 2.24) is 4.90 Å². The van der Waals surface area contributed by atoms with Gasteiger partial charge in [0.25, 0.3) is 0 Å². The van der Waals surface area contributed by atoms with Crippen LogP contribution in [0.25, 0.3) is 22.3 Å². The Hall–Kier alpha value is -1.68. The second-order valence-electron chi connectivity index (χ2n) is 5.29. The van der Waals surface area contributed by atoms with E-state index in [2.05, 4.69) is 0 Å². The van der Waals surface area contributed by atoms with Crippen LogP contribution in [-0.2, 0) is 6.54 Å². The first-order valence-corrected chi connectivity index (χ1v) is 7.08. The van der Waals surface area contributed by atoms with Crippen molar-refractivity contribution in [2.24, 2.45) is 0 Å². The molecule has 0 aliphatic carbocycles. The minimum Gasteiger partial charge on any atom is -0.508 e. The Morgan fingerprint density at radius 2 is 1.77 bits per heavy atom. The fourth-order valence-corrected chi connectivity index (χ4v) is 2.82. The monoisotopic (exact) mass is 337 g/mol. The number of aromatic hydroxyl groups is 1. The summed E-state index contributed by atoms with van der Waals surface area (Å²) in [7, 11) is 3.90. The molecular formula is C17H17Cl2NO2. The lowest BCUT2D eigenvalue weighted by Crippen LogP contribution is -2.11. The molecule has 0 aliphatic rings. The van der Waals surface area contributed by atoms with E-state index >= 15 is 0 Å². The van der Waals surface area contributed by atoms with E-state index in [1.54, 1.807) is 12.1 Å². The molecular weight excluding hydrogens is 321 g/mol. The van der Waals surface area contributed by atoms with E-state index in [1.165, 1.54) is 0 Å². The molecule has 22 heavy (non-hydrogen) atoms. The smallest absolute Gasteiger partial charge is 0.154 e. The molecule has 0 spiro atoms. The number of hydrogen-bond acceptors (Lipinski definition) is 3. The standard InChI is InChI=1S/C17H16ClNO2.ClH/c1-19(2)10-12-13(20)8-9-14-15(12)16(18)17(21-14)11-6-4-3-5-7-11;/h3-9,20H,10H2,1-2H3;1H. The summed E-state index contributed by atoms with van der Waals surface area (Å²) in [5.74, 6) is 0.872. The van der Waals surface area contributed by atoms with Crippen molar-refractivity contribution in [1.29, 1.82) is 0 Å². The molecule has 116 valence electrons. The Labute approximate surface area is 140 Å². The van der Waals surface area contributed by atoms with Gasteiger partial charge in [0.15, 0.2) is 5.76 Å². The quantitative estimate of drug-likeness (QED) is 0.735. The summed E-state index contributed by atoms with van der Waals surface area (Å²) < 4.78 is 5.90. The number of phenolic OH excluding ortho intramolecular Hbond substituents is 1. The summed E-state index contributed by atoms with van der Waals surface area (Å²) in [4.78, 5) is 1.99. The van der Waals surface area contributed by atoms with Crippen molar-refractivity contribution in [3.8, 4) is 17.1 Å². The highest BCUT2D eigenvalue weighted by atomic mass is 35.5. The van der Waals surface area contributed by atoms with Crippen molar-refractivity contribution in [2.45, 2.75) is 6.54 Å². The van der Waals surface area contributed by atoms with Crippen molar-refractivity contribution < 1.29 is 9.52 Å². The second kappa shape index (κ2) is 6.61. The zero-order valence-electron chi connectivity index (χ0n) is 12.3. The van der Waals surface area contributed by atoms with Gasteiger partial charge in [0.05, 0.1) is 5.02 Å². The number of halogens is 2. The molecule has 0 saturated heterocycles. The van der Waals surface area contributed by atoms with Crippen molar-refractivity contribution >= 4 is 35.0 Å². The number of nitrogens with zero attached hydrogens (tertiary/aromatic N) is 1. The summed E-state index contributed by atoms with van der Waals surface area (Å²) in [6.07, 6.45) is 0. The van der Waals surface area contributed by atoms with E-state index in [4.69, 9.17) is 16.0 Å². The summed E-state index contributed by atoms with van der Waals surface area (Å²) in [6.45, 7) is 0.594. The van der Waals surface area contributed by atoms with Gasteiger partial charge in [-0.05, 0) is 26.2 Å². The van der Waals surface area contributed by atoms with Crippen LogP contribution in [0.3, 0.4) is 0 Å². The predicted molar refractivity (Wildman–Crippen MR) is 93.0 cm³/mol. The van der Waals surface area contributed by atoms with Crippen LogP contribution in [0.4, 0.5) is 0 Å². The summed E-state index contributed by atoms with van der Waals surface area (Å²) in [6, 6.07) is 13.1. The molecule has 1 N–H and O–H groups in total. The van der Waals surface area contributed by atoms with Gasteiger partial charge in [-0.15, -0.1) is 12.4 Å². The molecule has 3 nitrogen and oxygen atoms in total. The van der Waals surface area contributed by atoms with Crippen LogP contribution in [-0.4, -0.2) is 24.1 Å². The van der Waals surface area contributed by atoms with Gasteiger partial charge in [-0.2, -0.15) is 0 Å². The van der Waals surface area contributed by atoms with Gasteiger partial charge >= 0.3 is 0 Å². The van der Waals surface area contributed by atoms with E-state index in [1.807, 2.05) is 49.3 Å². The molecule has 5 heteroatoms. The fraction of sp³-hybridized carbons (Fsp3) is 0.176. The van der Waals surface area contributed by atoms with E-state index in [0.717, 1.165) is 16.5 Å². The molecule has 0 saturated carbocycles. The van der Waals surface area contributed by atoms with Crippen LogP contribution in [0.15, 0.2) is 46.9 Å². The first kappa shape index (κ1) is 16.7. The Morgan fingerprint density at radius 3 is 2.41 bits per heavy atom. The van der Waals surface area contributed by atoms with Gasteiger partial charge in [-0.25, -0.2) is 0 Å². The molecule has 0 amide bonds. The molecule has 2 aromatic carbocycles. The first-order chi connectivity index (χ1) is 10.1. The third kappa shape index (κ3) is 2.93. The normalized spacial score (nSPS) is 10.9. The van der Waals surface area contributed by atoms with Gasteiger partial charge in [0.2, 0.25) is 0 Å². The Kier molecular flexibility index (Phi) is 5.01. The Morgan fingerprint density at radius 1 is 1.09 bits per heavy atom. The molecule has 0 atom stereocenters. The number of phenols is 1. The van der Waals surface area contributed by atoms with E-state index < -0.39 is 0 Å². The van der Waals surface area contributed by atoms with Crippen LogP contribution in [0, 0.1) is 0 Å². The lowest BCUT2D eigenvalue weighted by Gasteiger charge is -2.12. The summed E-state index contributed by atoms with van der Waals surface area (Å²) >= 11 is 6.53. The average molecular weight is 338 g/mol. The Bertz CT molecular complexity index is 782. The molecule has 0 radical (unpaired) electrons. The molecule has 3 aromatic rings. The average Bonchev–Trinajstić information content (AvgIpc) is 2.80. The van der Waals surface area contributed by atoms with E-state index in [9.17, 15) is 5.11 Å². The highest BCUT2D eigenvalue weighted by Gasteiger charge is 2.19. The van der Waals surface area contributed by atoms with Crippen LogP contribution in [0.2, 0.25) is 5.02 Å². The molecule has 0 aliphatic heterocycles. The third-order valence-corrected chi connectivity index (χ3v) is 3.75. The zero-order valence-corrected chi connectivity index (χ0v) is 13.9. The van der Waals surface area contributed by atoms with Crippen LogP contribution >= 0.6 is 24.0 Å². The predicted octanol–water partition coefficient (Wildman–Crippen LogP) is 4.94. The van der Waals surface area contributed by atoms with Crippen LogP contribution < -0.4 is 0 Å². The van der Waals surface area contributed by atoms with Crippen LogP contribution in [0.5, 0.6) is 5.75 Å². The maximum absolute atomic E-state index is 10.1. The summed E-state index contributed by atoms with van der Waals surface area (Å²) in [5.41, 5.74) is 2.40. The van der Waals surface area contributed by atoms with Crippen LogP contribution in [0.1, 0.15) is 5.56 Å². The second-order valence-corrected chi connectivity index (χ2v) is 5.66. The summed E-state index contributed by atoms with van der Waals surface area (Å²) in [5, 5.41) is 11.5. The zero-order chi connectivity index (χ0) is 15.0. The number of furan rings is 1. The number of rotatable bonds is 3. The lowest BCUT2D eigenvalue weighted by atomic mass is 10.1. The van der Waals surface area contributed by atoms with E-state index in [-0.39, 0.29) is 18.2 Å². The topological polar surface area (TPSA) is 36.6 Å². The van der Waals surface area contributed by atoms with Gasteiger partial charge in [0, 0.05) is 23.1 Å². The fourth-order valence-electron chi connectivity index (χ4n) is 2.46. The SMILES string of the molecule is CN(C)Cc1c(O)ccc2oc(-c3ccccc3)c(Cl)c12.Cl. The first-order valence-electron chi connectivity index (χ1n) is 6.71. The molecule has 1 aromatic heterocycles. The van der Waals surface area contributed by atoms with Crippen molar-refractivity contribution in [3.05, 3.63) is 53.1 Å². The van der Waals surface area contributed by atoms with Gasteiger partial charge in [-0.1, -0.05) is 41.9 Å². The largest absolute Gasteiger partial charge is 0.508 e. The highest BCUT2D eigenvalue weighted by molar-refractivity contribution is 6.38. The molecule has 0 fully saturated rings. The number of fused-ring (bicyclic) bond motifs is 1. The van der Waals surface area contributed by atoms with Crippen molar-refractivity contribution in [2.75, 3.05) is 14.1 Å². The minimum atomic E-state index is 0.